The molecular formula is C18H16N2O4. The summed E-state index contributed by atoms with van der Waals surface area (Å²) in [5, 5.41) is 0. The summed E-state index contributed by atoms with van der Waals surface area (Å²) in [7, 11) is 0. The van der Waals surface area contributed by atoms with Gasteiger partial charge in [0.2, 0.25) is 5.88 Å². The maximum absolute atomic E-state index is 12.4. The maximum Gasteiger partial charge on any atom is 0.348 e. The molecule has 3 aromatic rings. The minimum absolute atomic E-state index is 0.0365. The summed E-state index contributed by atoms with van der Waals surface area (Å²) < 4.78 is 12.1. The monoisotopic (exact) mass is 324 g/mol. The maximum atomic E-state index is 12.4. The standard InChI is InChI=1S/C18H16N2O4/c1-3-23-14-9-5-4-8-13(14)18(22)24-15-11-16(21)20-10-6-7-12(2)17(20)19-15/h4-11H,3H2,1-2H3. The largest absolute Gasteiger partial charge is 0.493 e. The molecule has 24 heavy (non-hydrogen) atoms. The first-order chi connectivity index (χ1) is 11.6. The number of rotatable bonds is 4. The molecule has 6 nitrogen and oxygen atoms in total. The lowest BCUT2D eigenvalue weighted by Crippen LogP contribution is -2.18. The summed E-state index contributed by atoms with van der Waals surface area (Å²) in [6.07, 6.45) is 1.62. The molecule has 0 radical (unpaired) electrons. The third kappa shape index (κ3) is 2.99. The summed E-state index contributed by atoms with van der Waals surface area (Å²) >= 11 is 0. The lowest BCUT2D eigenvalue weighted by Gasteiger charge is -2.10. The highest BCUT2D eigenvalue weighted by Gasteiger charge is 2.16. The molecule has 0 aliphatic rings. The van der Waals surface area contributed by atoms with Crippen molar-refractivity contribution >= 4 is 11.6 Å². The second-order valence-corrected chi connectivity index (χ2v) is 5.14. The lowest BCUT2D eigenvalue weighted by molar-refractivity contribution is 0.0723. The minimum Gasteiger partial charge on any atom is -0.493 e. The lowest BCUT2D eigenvalue weighted by atomic mass is 10.2. The van der Waals surface area contributed by atoms with Crippen molar-refractivity contribution in [3.8, 4) is 11.6 Å². The molecule has 0 aliphatic carbocycles. The van der Waals surface area contributed by atoms with Crippen LogP contribution in [-0.2, 0) is 0 Å². The van der Waals surface area contributed by atoms with Crippen molar-refractivity contribution in [2.24, 2.45) is 0 Å². The summed E-state index contributed by atoms with van der Waals surface area (Å²) in [6.45, 7) is 4.09. The van der Waals surface area contributed by atoms with Crippen molar-refractivity contribution in [3.63, 3.8) is 0 Å². The Labute approximate surface area is 138 Å². The number of nitrogens with zero attached hydrogens (tertiary/aromatic N) is 2. The smallest absolute Gasteiger partial charge is 0.348 e. The van der Waals surface area contributed by atoms with E-state index in [1.807, 2.05) is 19.9 Å². The van der Waals surface area contributed by atoms with E-state index in [1.54, 1.807) is 36.5 Å². The van der Waals surface area contributed by atoms with Gasteiger partial charge in [-0.05, 0) is 37.6 Å². The number of fused-ring (bicyclic) bond motifs is 1. The van der Waals surface area contributed by atoms with Gasteiger partial charge in [-0.3, -0.25) is 9.20 Å². The average molecular weight is 324 g/mol. The molecule has 3 rings (SSSR count). The van der Waals surface area contributed by atoms with Gasteiger partial charge in [0.1, 0.15) is 17.0 Å². The number of pyridine rings is 1. The normalized spacial score (nSPS) is 10.6. The molecule has 0 fully saturated rings. The van der Waals surface area contributed by atoms with E-state index in [0.717, 1.165) is 5.56 Å². The zero-order chi connectivity index (χ0) is 17.1. The van der Waals surface area contributed by atoms with Gasteiger partial charge in [0.05, 0.1) is 12.7 Å². The summed E-state index contributed by atoms with van der Waals surface area (Å²) in [5.74, 6) is -0.229. The van der Waals surface area contributed by atoms with Crippen molar-refractivity contribution in [3.05, 3.63) is 70.1 Å². The van der Waals surface area contributed by atoms with Gasteiger partial charge >= 0.3 is 5.97 Å². The molecule has 0 unspecified atom stereocenters. The van der Waals surface area contributed by atoms with Crippen LogP contribution in [0.2, 0.25) is 0 Å². The quantitative estimate of drug-likeness (QED) is 0.690. The molecule has 2 heterocycles. The third-order valence-corrected chi connectivity index (χ3v) is 3.47. The molecule has 0 saturated heterocycles. The number of aryl methyl sites for hydroxylation is 1. The molecule has 2 aromatic heterocycles. The second-order valence-electron chi connectivity index (χ2n) is 5.14. The van der Waals surface area contributed by atoms with Crippen LogP contribution in [-0.4, -0.2) is 22.0 Å². The molecule has 0 bridgehead atoms. The molecule has 0 N–H and O–H groups in total. The van der Waals surface area contributed by atoms with E-state index < -0.39 is 5.97 Å². The van der Waals surface area contributed by atoms with Gasteiger partial charge in [0.15, 0.2) is 0 Å². The average Bonchev–Trinajstić information content (AvgIpc) is 2.57. The van der Waals surface area contributed by atoms with Gasteiger partial charge in [0.25, 0.3) is 5.56 Å². The molecular weight excluding hydrogens is 308 g/mol. The summed E-state index contributed by atoms with van der Waals surface area (Å²) in [4.78, 5) is 28.8. The van der Waals surface area contributed by atoms with Crippen molar-refractivity contribution in [2.75, 3.05) is 6.61 Å². The number of carbonyl (C=O) groups is 1. The minimum atomic E-state index is -0.621. The van der Waals surface area contributed by atoms with Crippen LogP contribution < -0.4 is 15.0 Å². The SMILES string of the molecule is CCOc1ccccc1C(=O)Oc1cc(=O)n2cccc(C)c2n1. The van der Waals surface area contributed by atoms with Gasteiger partial charge in [-0.1, -0.05) is 18.2 Å². The van der Waals surface area contributed by atoms with Crippen molar-refractivity contribution in [1.29, 1.82) is 0 Å². The Hall–Kier alpha value is -3.15. The Bertz CT molecular complexity index is 963. The van der Waals surface area contributed by atoms with E-state index in [9.17, 15) is 9.59 Å². The van der Waals surface area contributed by atoms with Gasteiger partial charge in [0, 0.05) is 6.20 Å². The summed E-state index contributed by atoms with van der Waals surface area (Å²) in [5.41, 5.74) is 1.23. The topological polar surface area (TPSA) is 69.9 Å². The van der Waals surface area contributed by atoms with E-state index in [4.69, 9.17) is 9.47 Å². The van der Waals surface area contributed by atoms with Crippen LogP contribution in [0.5, 0.6) is 11.6 Å². The number of aromatic nitrogens is 2. The van der Waals surface area contributed by atoms with Crippen molar-refractivity contribution in [2.45, 2.75) is 13.8 Å². The Morgan fingerprint density at radius 1 is 1.21 bits per heavy atom. The van der Waals surface area contributed by atoms with E-state index >= 15 is 0 Å². The fourth-order valence-corrected chi connectivity index (χ4v) is 2.36. The number of ether oxygens (including phenoxy) is 2. The van der Waals surface area contributed by atoms with Crippen LogP contribution in [0.15, 0.2) is 53.5 Å². The first-order valence-corrected chi connectivity index (χ1v) is 7.53. The molecule has 0 spiro atoms. The molecule has 0 amide bonds. The van der Waals surface area contributed by atoms with Gasteiger partial charge in [-0.15, -0.1) is 0 Å². The van der Waals surface area contributed by atoms with Crippen LogP contribution in [0, 0.1) is 6.92 Å². The number of hydrogen-bond acceptors (Lipinski definition) is 5. The van der Waals surface area contributed by atoms with Crippen LogP contribution in [0.1, 0.15) is 22.8 Å². The first-order valence-electron chi connectivity index (χ1n) is 7.53. The van der Waals surface area contributed by atoms with Crippen molar-refractivity contribution < 1.29 is 14.3 Å². The molecule has 0 aliphatic heterocycles. The Morgan fingerprint density at radius 2 is 2.00 bits per heavy atom. The van der Waals surface area contributed by atoms with E-state index in [0.29, 0.717) is 18.0 Å². The van der Waals surface area contributed by atoms with Crippen LogP contribution in [0.4, 0.5) is 0 Å². The number of benzene rings is 1. The van der Waals surface area contributed by atoms with E-state index in [1.165, 1.54) is 10.5 Å². The van der Waals surface area contributed by atoms with E-state index in [-0.39, 0.29) is 17.0 Å². The Morgan fingerprint density at radius 3 is 2.79 bits per heavy atom. The van der Waals surface area contributed by atoms with Crippen LogP contribution in [0.25, 0.3) is 5.65 Å². The summed E-state index contributed by atoms with van der Waals surface area (Å²) in [6, 6.07) is 11.6. The molecule has 0 atom stereocenters. The zero-order valence-electron chi connectivity index (χ0n) is 13.4. The second kappa shape index (κ2) is 6.54. The third-order valence-electron chi connectivity index (χ3n) is 3.47. The van der Waals surface area contributed by atoms with Gasteiger partial charge in [-0.25, -0.2) is 4.79 Å². The Kier molecular flexibility index (Phi) is 4.29. The van der Waals surface area contributed by atoms with Gasteiger partial charge < -0.3 is 9.47 Å². The number of hydrogen-bond donors (Lipinski definition) is 0. The number of esters is 1. The molecule has 1 aromatic carbocycles. The highest BCUT2D eigenvalue weighted by atomic mass is 16.5. The highest BCUT2D eigenvalue weighted by molar-refractivity contribution is 5.93. The molecule has 0 saturated carbocycles. The number of para-hydroxylation sites is 1. The van der Waals surface area contributed by atoms with Crippen LogP contribution in [0.3, 0.4) is 0 Å². The predicted octanol–water partition coefficient (Wildman–Crippen LogP) is 2.62. The fraction of sp³-hybridized carbons (Fsp3) is 0.167. The molecule has 6 heteroatoms. The molecule has 122 valence electrons. The number of carbonyl (C=O) groups excluding carboxylic acids is 1. The Balaban J connectivity index is 1.97. The highest BCUT2D eigenvalue weighted by Crippen LogP contribution is 2.20. The van der Waals surface area contributed by atoms with E-state index in [2.05, 4.69) is 4.98 Å². The first kappa shape index (κ1) is 15.7. The predicted molar refractivity (Wildman–Crippen MR) is 88.8 cm³/mol. The zero-order valence-corrected chi connectivity index (χ0v) is 13.4. The van der Waals surface area contributed by atoms with Crippen LogP contribution >= 0.6 is 0 Å². The van der Waals surface area contributed by atoms with Crippen molar-refractivity contribution in [1.82, 2.24) is 9.38 Å². The fourth-order valence-electron chi connectivity index (χ4n) is 2.36. The van der Waals surface area contributed by atoms with Gasteiger partial charge in [-0.2, -0.15) is 4.98 Å².